The van der Waals surface area contributed by atoms with Gasteiger partial charge < -0.3 is 14.0 Å². The van der Waals surface area contributed by atoms with Gasteiger partial charge >= 0.3 is 19.4 Å². The maximum Gasteiger partial charge on any atom is 0.459 e. The van der Waals surface area contributed by atoms with E-state index in [0.717, 1.165) is 5.56 Å². The van der Waals surface area contributed by atoms with Gasteiger partial charge in [0.05, 0.1) is 12.7 Å². The lowest BCUT2D eigenvalue weighted by Gasteiger charge is -2.22. The molecule has 1 aromatic heterocycles. The van der Waals surface area contributed by atoms with Crippen molar-refractivity contribution >= 4 is 13.7 Å². The van der Waals surface area contributed by atoms with Crippen molar-refractivity contribution in [1.29, 1.82) is 0 Å². The van der Waals surface area contributed by atoms with Gasteiger partial charge in [0, 0.05) is 12.3 Å². The third-order valence-corrected chi connectivity index (χ3v) is 7.22. The van der Waals surface area contributed by atoms with Crippen LogP contribution in [0.15, 0.2) is 82.5 Å². The number of carbonyl (C=O) groups is 1. The van der Waals surface area contributed by atoms with Gasteiger partial charge in [0.2, 0.25) is 0 Å². The van der Waals surface area contributed by atoms with Crippen LogP contribution in [0.4, 0.5) is 0 Å². The number of para-hydroxylation sites is 1. The monoisotopic (exact) mass is 529 g/mol. The van der Waals surface area contributed by atoms with Crippen LogP contribution in [-0.2, 0) is 30.0 Å². The SMILES string of the molecule is CC1CC(n2ccc(=O)[nH]c2=O)OC1COP(=O)(NCC(=O)OCc1ccccc1)Oc1ccccc1. The van der Waals surface area contributed by atoms with Crippen LogP contribution in [0.3, 0.4) is 0 Å². The molecule has 4 unspecified atom stereocenters. The predicted molar refractivity (Wildman–Crippen MR) is 134 cm³/mol. The minimum absolute atomic E-state index is 0.0650. The van der Waals surface area contributed by atoms with E-state index in [1.165, 1.54) is 16.8 Å². The largest absolute Gasteiger partial charge is 0.460 e. The number of rotatable bonds is 11. The summed E-state index contributed by atoms with van der Waals surface area (Å²) in [6.07, 6.45) is 0.698. The Labute approximate surface area is 212 Å². The Bertz CT molecular complexity index is 1350. The normalized spacial score (nSPS) is 20.7. The Morgan fingerprint density at radius 1 is 1.11 bits per heavy atom. The second-order valence-corrected chi connectivity index (χ2v) is 10.3. The van der Waals surface area contributed by atoms with E-state index in [1.807, 2.05) is 37.3 Å². The minimum Gasteiger partial charge on any atom is -0.460 e. The maximum atomic E-state index is 13.6. The summed E-state index contributed by atoms with van der Waals surface area (Å²) >= 11 is 0. The molecule has 2 heterocycles. The molecular weight excluding hydrogens is 501 g/mol. The van der Waals surface area contributed by atoms with Gasteiger partial charge in [0.25, 0.3) is 5.56 Å². The lowest BCUT2D eigenvalue weighted by molar-refractivity contribution is -0.143. The van der Waals surface area contributed by atoms with Gasteiger partial charge in [-0.1, -0.05) is 55.5 Å². The molecule has 1 aliphatic rings. The molecule has 4 rings (SSSR count). The molecule has 1 aliphatic heterocycles. The summed E-state index contributed by atoms with van der Waals surface area (Å²) in [7, 11) is -4.02. The molecule has 0 aliphatic carbocycles. The number of nitrogens with one attached hydrogen (secondary N) is 2. The first-order valence-corrected chi connectivity index (χ1v) is 13.3. The van der Waals surface area contributed by atoms with Gasteiger partial charge in [-0.3, -0.25) is 23.7 Å². The molecular formula is C25H28N3O8P. The van der Waals surface area contributed by atoms with Gasteiger partial charge in [-0.05, 0) is 30.0 Å². The van der Waals surface area contributed by atoms with Gasteiger partial charge in [-0.2, -0.15) is 0 Å². The van der Waals surface area contributed by atoms with Crippen LogP contribution in [0.25, 0.3) is 0 Å². The Hall–Kier alpha value is -3.50. The smallest absolute Gasteiger partial charge is 0.459 e. The van der Waals surface area contributed by atoms with Crippen molar-refractivity contribution < 1.29 is 27.9 Å². The minimum atomic E-state index is -4.02. The number of benzene rings is 2. The average molecular weight is 529 g/mol. The zero-order chi connectivity index (χ0) is 26.3. The summed E-state index contributed by atoms with van der Waals surface area (Å²) in [5.74, 6) is -0.411. The van der Waals surface area contributed by atoms with E-state index in [-0.39, 0.29) is 24.9 Å². The Kier molecular flexibility index (Phi) is 8.73. The number of esters is 1. The van der Waals surface area contributed by atoms with Crippen LogP contribution >= 0.6 is 7.75 Å². The molecule has 2 aromatic carbocycles. The van der Waals surface area contributed by atoms with Gasteiger partial charge in [0.1, 0.15) is 25.1 Å². The summed E-state index contributed by atoms with van der Waals surface area (Å²) in [6, 6.07) is 18.8. The van der Waals surface area contributed by atoms with E-state index < -0.39 is 43.8 Å². The van der Waals surface area contributed by atoms with Crippen molar-refractivity contribution in [2.75, 3.05) is 13.2 Å². The quantitative estimate of drug-likeness (QED) is 0.284. The van der Waals surface area contributed by atoms with E-state index in [4.69, 9.17) is 18.5 Å². The highest BCUT2D eigenvalue weighted by Gasteiger charge is 2.37. The van der Waals surface area contributed by atoms with Crippen molar-refractivity contribution in [3.05, 3.63) is 99.3 Å². The van der Waals surface area contributed by atoms with Crippen LogP contribution in [0.2, 0.25) is 0 Å². The summed E-state index contributed by atoms with van der Waals surface area (Å²) < 4.78 is 37.3. The molecule has 4 atom stereocenters. The molecule has 1 saturated heterocycles. The van der Waals surface area contributed by atoms with Crippen molar-refractivity contribution in [2.24, 2.45) is 5.92 Å². The number of aromatic nitrogens is 2. The van der Waals surface area contributed by atoms with Crippen LogP contribution in [0, 0.1) is 5.92 Å². The molecule has 11 nitrogen and oxygen atoms in total. The number of carbonyl (C=O) groups excluding carboxylic acids is 1. The topological polar surface area (TPSA) is 138 Å². The summed E-state index contributed by atoms with van der Waals surface area (Å²) in [6.45, 7) is 1.44. The van der Waals surface area contributed by atoms with Crippen LogP contribution < -0.4 is 20.9 Å². The van der Waals surface area contributed by atoms with Crippen molar-refractivity contribution in [3.63, 3.8) is 0 Å². The molecule has 0 radical (unpaired) electrons. The lowest BCUT2D eigenvalue weighted by atomic mass is 10.0. The maximum absolute atomic E-state index is 13.6. The molecule has 0 saturated carbocycles. The number of H-pyrrole nitrogens is 1. The first-order chi connectivity index (χ1) is 17.8. The second kappa shape index (κ2) is 12.2. The summed E-state index contributed by atoms with van der Waals surface area (Å²) in [5, 5.41) is 2.56. The highest BCUT2D eigenvalue weighted by molar-refractivity contribution is 7.52. The molecule has 0 amide bonds. The zero-order valence-electron chi connectivity index (χ0n) is 20.1. The van der Waals surface area contributed by atoms with Gasteiger partial charge in [0.15, 0.2) is 0 Å². The first-order valence-electron chi connectivity index (χ1n) is 11.7. The van der Waals surface area contributed by atoms with Crippen molar-refractivity contribution in [2.45, 2.75) is 32.3 Å². The molecule has 1 fully saturated rings. The highest BCUT2D eigenvalue weighted by atomic mass is 31.2. The fourth-order valence-corrected chi connectivity index (χ4v) is 5.02. The first kappa shape index (κ1) is 26.6. The third kappa shape index (κ3) is 7.50. The van der Waals surface area contributed by atoms with E-state index >= 15 is 0 Å². The van der Waals surface area contributed by atoms with Gasteiger partial charge in [-0.15, -0.1) is 0 Å². The Balaban J connectivity index is 1.38. The van der Waals surface area contributed by atoms with E-state index in [0.29, 0.717) is 6.42 Å². The van der Waals surface area contributed by atoms with E-state index in [2.05, 4.69) is 10.1 Å². The van der Waals surface area contributed by atoms with Crippen molar-refractivity contribution in [3.8, 4) is 5.75 Å². The van der Waals surface area contributed by atoms with Crippen LogP contribution in [0.5, 0.6) is 5.75 Å². The molecule has 3 aromatic rings. The van der Waals surface area contributed by atoms with E-state index in [9.17, 15) is 18.9 Å². The second-order valence-electron chi connectivity index (χ2n) is 8.54. The van der Waals surface area contributed by atoms with Gasteiger partial charge in [-0.25, -0.2) is 14.4 Å². The van der Waals surface area contributed by atoms with E-state index in [1.54, 1.807) is 30.3 Å². The standard InChI is InChI=1S/C25H28N3O8P/c1-18-14-23(28-13-12-22(29)27-25(28)31)35-21(18)17-34-37(32,36-20-10-6-3-7-11-20)26-15-24(30)33-16-19-8-4-2-5-9-19/h2-13,18,21,23H,14-17H2,1H3,(H,26,32)(H,27,29,31). The fourth-order valence-electron chi connectivity index (χ4n) is 3.74. The highest BCUT2D eigenvalue weighted by Crippen LogP contribution is 2.45. The number of hydrogen-bond donors (Lipinski definition) is 2. The Morgan fingerprint density at radius 2 is 1.81 bits per heavy atom. The molecule has 2 N–H and O–H groups in total. The lowest BCUT2D eigenvalue weighted by Crippen LogP contribution is -2.32. The number of aromatic amines is 1. The van der Waals surface area contributed by atoms with Crippen molar-refractivity contribution in [1.82, 2.24) is 14.6 Å². The molecule has 0 spiro atoms. The molecule has 12 heteroatoms. The number of nitrogens with zero attached hydrogens (tertiary/aromatic N) is 1. The summed E-state index contributed by atoms with van der Waals surface area (Å²) in [4.78, 5) is 38.0. The summed E-state index contributed by atoms with van der Waals surface area (Å²) in [5.41, 5.74) is -0.265. The van der Waals surface area contributed by atoms with Crippen LogP contribution in [-0.4, -0.2) is 34.8 Å². The Morgan fingerprint density at radius 3 is 2.51 bits per heavy atom. The predicted octanol–water partition coefficient (Wildman–Crippen LogP) is 3.00. The number of hydrogen-bond acceptors (Lipinski definition) is 8. The zero-order valence-corrected chi connectivity index (χ0v) is 21.0. The molecule has 196 valence electrons. The molecule has 0 bridgehead atoms. The molecule has 37 heavy (non-hydrogen) atoms. The number of ether oxygens (including phenoxy) is 2. The third-order valence-electron chi connectivity index (χ3n) is 5.74. The van der Waals surface area contributed by atoms with Crippen LogP contribution in [0.1, 0.15) is 25.1 Å². The fraction of sp³-hybridized carbons (Fsp3) is 0.320. The average Bonchev–Trinajstić information content (AvgIpc) is 3.26.